The van der Waals surface area contributed by atoms with Crippen LogP contribution >= 0.6 is 0 Å². The van der Waals surface area contributed by atoms with E-state index >= 15 is 0 Å². The Balaban J connectivity index is 2.29. The average molecular weight is 263 g/mol. The van der Waals surface area contributed by atoms with E-state index in [4.69, 9.17) is 4.74 Å². The van der Waals surface area contributed by atoms with Gasteiger partial charge in [0.2, 0.25) is 0 Å². The van der Waals surface area contributed by atoms with Crippen LogP contribution in [0.5, 0.6) is 5.75 Å². The zero-order valence-electron chi connectivity index (χ0n) is 11.9. The first kappa shape index (κ1) is 13.9. The van der Waals surface area contributed by atoms with E-state index in [1.165, 1.54) is 18.2 Å². The second kappa shape index (κ2) is 5.21. The number of carbonyl (C=O) groups is 1. The highest BCUT2D eigenvalue weighted by Crippen LogP contribution is 2.46. The van der Waals surface area contributed by atoms with Crippen molar-refractivity contribution in [2.75, 3.05) is 7.11 Å². The highest BCUT2D eigenvalue weighted by Gasteiger charge is 2.33. The Hall–Kier alpha value is -1.55. The third kappa shape index (κ3) is 2.45. The highest BCUT2D eigenvalue weighted by molar-refractivity contribution is 5.75. The fourth-order valence-electron chi connectivity index (χ4n) is 3.04. The van der Waals surface area contributed by atoms with Crippen molar-refractivity contribution in [3.05, 3.63) is 28.8 Å². The van der Waals surface area contributed by atoms with E-state index in [0.717, 1.165) is 12.0 Å². The second-order valence-corrected chi connectivity index (χ2v) is 5.33. The lowest BCUT2D eigenvalue weighted by Gasteiger charge is -2.19. The Kier molecular flexibility index (Phi) is 3.80. The topological polar surface area (TPSA) is 58.6 Å². The van der Waals surface area contributed by atoms with Crippen LogP contribution in [0.2, 0.25) is 0 Å². The van der Waals surface area contributed by atoms with Crippen LogP contribution in [0.25, 0.3) is 0 Å². The van der Waals surface area contributed by atoms with Gasteiger partial charge in [-0.3, -0.25) is 10.1 Å². The molecule has 4 nitrogen and oxygen atoms in total. The number of nitrogens with one attached hydrogen (secondary N) is 1. The van der Waals surface area contributed by atoms with Crippen molar-refractivity contribution in [2.24, 2.45) is 0 Å². The maximum atomic E-state index is 11.5. The first-order chi connectivity index (χ1) is 8.95. The van der Waals surface area contributed by atoms with Crippen molar-refractivity contribution in [2.45, 2.75) is 45.2 Å². The van der Waals surface area contributed by atoms with Crippen molar-refractivity contribution in [1.82, 2.24) is 5.32 Å². The zero-order chi connectivity index (χ0) is 14.2. The Labute approximate surface area is 113 Å². The van der Waals surface area contributed by atoms with E-state index in [2.05, 4.69) is 19.2 Å². The highest BCUT2D eigenvalue weighted by atomic mass is 16.5. The van der Waals surface area contributed by atoms with Gasteiger partial charge < -0.3 is 9.84 Å². The summed E-state index contributed by atoms with van der Waals surface area (Å²) in [6.07, 6.45) is 0.884. The number of methoxy groups -OCH3 is 1. The lowest BCUT2D eigenvalue weighted by molar-refractivity contribution is -0.142. The van der Waals surface area contributed by atoms with Gasteiger partial charge in [-0.2, -0.15) is 0 Å². The van der Waals surface area contributed by atoms with Crippen LogP contribution in [0.3, 0.4) is 0 Å². The van der Waals surface area contributed by atoms with Crippen LogP contribution < -0.4 is 5.32 Å². The first-order valence-electron chi connectivity index (χ1n) is 6.62. The number of esters is 1. The number of phenols is 1. The lowest BCUT2D eigenvalue weighted by atomic mass is 9.97. The molecule has 104 valence electrons. The van der Waals surface area contributed by atoms with Gasteiger partial charge in [0.05, 0.1) is 7.11 Å². The minimum atomic E-state index is -0.381. The molecule has 0 bridgehead atoms. The molecule has 0 amide bonds. The number of carbonyl (C=O) groups excluding carboxylic acids is 1. The van der Waals surface area contributed by atoms with Crippen LogP contribution in [0, 0.1) is 6.92 Å². The van der Waals surface area contributed by atoms with Gasteiger partial charge in [0.1, 0.15) is 11.8 Å². The third-order valence-electron chi connectivity index (χ3n) is 3.92. The van der Waals surface area contributed by atoms with Gasteiger partial charge in [0, 0.05) is 11.6 Å². The minimum absolute atomic E-state index is 0.000926. The summed E-state index contributed by atoms with van der Waals surface area (Å²) < 4.78 is 4.73. The zero-order valence-corrected chi connectivity index (χ0v) is 11.9. The summed E-state index contributed by atoms with van der Waals surface area (Å²) in [5.41, 5.74) is 3.33. The monoisotopic (exact) mass is 263 g/mol. The lowest BCUT2D eigenvalue weighted by Crippen LogP contribution is -2.36. The Morgan fingerprint density at radius 3 is 2.79 bits per heavy atom. The molecule has 3 atom stereocenters. The van der Waals surface area contributed by atoms with Crippen molar-refractivity contribution >= 4 is 5.97 Å². The molecule has 2 N–H and O–H groups in total. The fraction of sp³-hybridized carbons (Fsp3) is 0.533. The Morgan fingerprint density at radius 2 is 2.16 bits per heavy atom. The molecule has 0 aromatic heterocycles. The van der Waals surface area contributed by atoms with E-state index in [1.54, 1.807) is 13.0 Å². The van der Waals surface area contributed by atoms with Crippen LogP contribution in [-0.2, 0) is 9.53 Å². The van der Waals surface area contributed by atoms with Crippen LogP contribution in [0.4, 0.5) is 0 Å². The maximum Gasteiger partial charge on any atom is 0.322 e. The maximum absolute atomic E-state index is 11.5. The number of benzene rings is 1. The molecule has 1 aromatic rings. The van der Waals surface area contributed by atoms with Crippen LogP contribution in [-0.4, -0.2) is 24.2 Å². The van der Waals surface area contributed by atoms with Crippen molar-refractivity contribution in [3.63, 3.8) is 0 Å². The van der Waals surface area contributed by atoms with Crippen LogP contribution in [0.1, 0.15) is 48.9 Å². The molecule has 0 aliphatic heterocycles. The standard InChI is InChI=1S/C15H21NO3/c1-8-5-6-12(17)14-11(7-9(2)13(8)14)16-10(3)15(18)19-4/h5-6,9-11,16-17H,7H2,1-4H3/t9?,10-,11?/m0/s1. The normalized spacial score (nSPS) is 22.9. The van der Waals surface area contributed by atoms with Gasteiger partial charge in [-0.25, -0.2) is 0 Å². The number of aromatic hydroxyl groups is 1. The average Bonchev–Trinajstić information content (AvgIpc) is 2.71. The summed E-state index contributed by atoms with van der Waals surface area (Å²) in [4.78, 5) is 11.5. The van der Waals surface area contributed by atoms with Crippen LogP contribution in [0.15, 0.2) is 12.1 Å². The summed E-state index contributed by atoms with van der Waals surface area (Å²) in [6, 6.07) is 3.28. The summed E-state index contributed by atoms with van der Waals surface area (Å²) in [6.45, 7) is 5.98. The first-order valence-corrected chi connectivity index (χ1v) is 6.62. The van der Waals surface area contributed by atoms with Gasteiger partial charge >= 0.3 is 5.97 Å². The van der Waals surface area contributed by atoms with Crippen molar-refractivity contribution in [1.29, 1.82) is 0 Å². The molecule has 0 radical (unpaired) electrons. The quantitative estimate of drug-likeness (QED) is 0.822. The van der Waals surface area contributed by atoms with E-state index in [-0.39, 0.29) is 18.1 Å². The Morgan fingerprint density at radius 1 is 1.47 bits per heavy atom. The predicted octanol–water partition coefficient (Wildman–Crippen LogP) is 2.40. The smallest absolute Gasteiger partial charge is 0.322 e. The molecule has 1 aliphatic rings. The molecule has 1 aromatic carbocycles. The molecule has 1 aliphatic carbocycles. The molecular weight excluding hydrogens is 242 g/mol. The van der Waals surface area contributed by atoms with Gasteiger partial charge in [-0.05, 0) is 43.4 Å². The minimum Gasteiger partial charge on any atom is -0.508 e. The summed E-state index contributed by atoms with van der Waals surface area (Å²) >= 11 is 0. The van der Waals surface area contributed by atoms with Crippen molar-refractivity contribution < 1.29 is 14.6 Å². The summed E-state index contributed by atoms with van der Waals surface area (Å²) in [7, 11) is 1.38. The van der Waals surface area contributed by atoms with Gasteiger partial charge in [-0.1, -0.05) is 13.0 Å². The number of hydrogen-bond donors (Lipinski definition) is 2. The largest absolute Gasteiger partial charge is 0.508 e. The molecule has 19 heavy (non-hydrogen) atoms. The molecule has 4 heteroatoms. The Bertz CT molecular complexity index is 498. The number of phenolic OH excluding ortho intramolecular Hbond substituents is 1. The van der Waals surface area contributed by atoms with E-state index < -0.39 is 0 Å². The molecular formula is C15H21NO3. The molecule has 0 heterocycles. The number of hydrogen-bond acceptors (Lipinski definition) is 4. The fourth-order valence-corrected chi connectivity index (χ4v) is 3.04. The number of fused-ring (bicyclic) bond motifs is 1. The number of aryl methyl sites for hydroxylation is 1. The molecule has 0 fully saturated rings. The summed E-state index contributed by atoms with van der Waals surface area (Å²) in [5, 5.41) is 13.3. The van der Waals surface area contributed by atoms with E-state index in [0.29, 0.717) is 11.7 Å². The molecule has 0 saturated carbocycles. The van der Waals surface area contributed by atoms with Gasteiger partial charge in [0.15, 0.2) is 0 Å². The molecule has 2 unspecified atom stereocenters. The summed E-state index contributed by atoms with van der Waals surface area (Å²) in [5.74, 6) is 0.400. The second-order valence-electron chi connectivity index (χ2n) is 5.33. The number of ether oxygens (including phenoxy) is 1. The molecule has 0 saturated heterocycles. The van der Waals surface area contributed by atoms with E-state index in [1.807, 2.05) is 6.07 Å². The van der Waals surface area contributed by atoms with Gasteiger partial charge in [0.25, 0.3) is 0 Å². The van der Waals surface area contributed by atoms with Gasteiger partial charge in [-0.15, -0.1) is 0 Å². The molecule has 0 spiro atoms. The van der Waals surface area contributed by atoms with E-state index in [9.17, 15) is 9.90 Å². The predicted molar refractivity (Wildman–Crippen MR) is 73.2 cm³/mol. The number of rotatable bonds is 3. The molecule has 2 rings (SSSR count). The van der Waals surface area contributed by atoms with Crippen molar-refractivity contribution in [3.8, 4) is 5.75 Å². The third-order valence-corrected chi connectivity index (χ3v) is 3.92. The SMILES string of the molecule is COC(=O)[C@H](C)NC1CC(C)c2c(C)ccc(O)c21.